The smallest absolute Gasteiger partial charge is 0.198 e. The van der Waals surface area contributed by atoms with Crippen molar-refractivity contribution in [1.82, 2.24) is 4.98 Å². The summed E-state index contributed by atoms with van der Waals surface area (Å²) in [6.07, 6.45) is 0. The van der Waals surface area contributed by atoms with Crippen LogP contribution >= 0.6 is 0 Å². The highest BCUT2D eigenvalue weighted by Crippen LogP contribution is 2.53. The van der Waals surface area contributed by atoms with Gasteiger partial charge in [-0.2, -0.15) is 0 Å². The van der Waals surface area contributed by atoms with Crippen LogP contribution in [0.5, 0.6) is 11.5 Å². The van der Waals surface area contributed by atoms with Crippen molar-refractivity contribution in [3.05, 3.63) is 127 Å². The van der Waals surface area contributed by atoms with Crippen LogP contribution in [0, 0.1) is 0 Å². The lowest BCUT2D eigenvalue weighted by molar-refractivity contribution is 0.477. The minimum Gasteiger partial charge on any atom is -0.456 e. The molecule has 7 aromatic carbocycles. The summed E-state index contributed by atoms with van der Waals surface area (Å²) in [5.74, 6) is 1.73. The fraction of sp³-hybridized carbons (Fsp3) is 0. The molecule has 0 radical (unpaired) electrons. The maximum Gasteiger partial charge on any atom is 0.198 e. The number of benzene rings is 7. The number of ether oxygens (including phenoxy) is 1. The van der Waals surface area contributed by atoms with Crippen molar-refractivity contribution in [2.45, 2.75) is 0 Å². The molecule has 45 heavy (non-hydrogen) atoms. The average Bonchev–Trinajstić information content (AvgIpc) is 3.66. The van der Waals surface area contributed by atoms with Gasteiger partial charge < -0.3 is 19.0 Å². The Hall–Kier alpha value is -5.94. The first-order valence-electron chi connectivity index (χ1n) is 15.4. The monoisotopic (exact) mass is 574 g/mol. The standard InChI is InChI=1S/C40H23BN2O2/c1-2-10-23-22(9-1)19-20-26-24-12-7-13-25(38(24)42-37(23)26)28-21-34-35(27-11-3-5-16-31(27)44-34)40-36(28)41-29-14-8-18-33-39(29)43(40)30-15-4-6-17-32(30)45-33/h1-21,41-42H. The van der Waals surface area contributed by atoms with E-state index in [9.17, 15) is 0 Å². The summed E-state index contributed by atoms with van der Waals surface area (Å²) < 4.78 is 13.1. The van der Waals surface area contributed by atoms with Gasteiger partial charge in [0, 0.05) is 27.1 Å². The van der Waals surface area contributed by atoms with E-state index in [1.165, 1.54) is 54.8 Å². The van der Waals surface area contributed by atoms with Gasteiger partial charge in [-0.25, -0.2) is 0 Å². The van der Waals surface area contributed by atoms with Crippen LogP contribution in [0.2, 0.25) is 0 Å². The zero-order valence-electron chi connectivity index (χ0n) is 24.1. The number of nitrogens with zero attached hydrogens (tertiary/aromatic N) is 1. The van der Waals surface area contributed by atoms with Crippen LogP contribution in [0.25, 0.3) is 65.6 Å². The number of hydrogen-bond donors (Lipinski definition) is 1. The Bertz CT molecular complexity index is 2740. The summed E-state index contributed by atoms with van der Waals surface area (Å²) in [6.45, 7) is 0. The molecule has 2 aliphatic rings. The summed E-state index contributed by atoms with van der Waals surface area (Å²) in [4.78, 5) is 6.31. The van der Waals surface area contributed by atoms with Gasteiger partial charge in [0.25, 0.3) is 0 Å². The van der Waals surface area contributed by atoms with Gasteiger partial charge in [-0.3, -0.25) is 0 Å². The number of aromatic amines is 1. The quantitative estimate of drug-likeness (QED) is 0.199. The summed E-state index contributed by atoms with van der Waals surface area (Å²) in [5.41, 5.74) is 12.3. The number of H-pyrrole nitrogens is 1. The normalized spacial score (nSPS) is 13.2. The minimum absolute atomic E-state index is 0.783. The number of rotatable bonds is 1. The number of furan rings is 1. The van der Waals surface area contributed by atoms with E-state index >= 15 is 0 Å². The molecule has 2 aromatic heterocycles. The Labute approximate surface area is 258 Å². The molecule has 0 bridgehead atoms. The van der Waals surface area contributed by atoms with Gasteiger partial charge >= 0.3 is 0 Å². The second kappa shape index (κ2) is 8.37. The Morgan fingerprint density at radius 1 is 0.556 bits per heavy atom. The number of aromatic nitrogens is 1. The SMILES string of the molecule is B1c2cccc3c2N(c2ccccc2O3)c2c1c(-c1cccc3c1[nH]c1c4ccccc4ccc31)cc1oc3ccccc3c21. The number of nitrogens with one attached hydrogen (secondary N) is 1. The molecule has 0 saturated heterocycles. The lowest BCUT2D eigenvalue weighted by Crippen LogP contribution is -2.42. The summed E-state index contributed by atoms with van der Waals surface area (Å²) in [5, 5.41) is 7.19. The Morgan fingerprint density at radius 2 is 1.33 bits per heavy atom. The Morgan fingerprint density at radius 3 is 2.31 bits per heavy atom. The van der Waals surface area contributed by atoms with Crippen LogP contribution in [0.4, 0.5) is 17.1 Å². The van der Waals surface area contributed by atoms with Crippen molar-refractivity contribution >= 4 is 89.8 Å². The van der Waals surface area contributed by atoms with Crippen LogP contribution in [0.1, 0.15) is 0 Å². The first kappa shape index (κ1) is 23.5. The topological polar surface area (TPSA) is 41.4 Å². The molecule has 4 heterocycles. The summed E-state index contributed by atoms with van der Waals surface area (Å²) in [7, 11) is 0.783. The average molecular weight is 574 g/mol. The Kier molecular flexibility index (Phi) is 4.37. The van der Waals surface area contributed by atoms with Crippen LogP contribution in [-0.2, 0) is 0 Å². The molecule has 0 unspecified atom stereocenters. The number of para-hydroxylation sites is 5. The van der Waals surface area contributed by atoms with Crippen molar-refractivity contribution in [3.63, 3.8) is 0 Å². The number of hydrogen-bond acceptors (Lipinski definition) is 3. The van der Waals surface area contributed by atoms with Gasteiger partial charge in [-0.1, -0.05) is 103 Å². The van der Waals surface area contributed by atoms with Crippen LogP contribution in [0.3, 0.4) is 0 Å². The van der Waals surface area contributed by atoms with Gasteiger partial charge in [0.2, 0.25) is 0 Å². The van der Waals surface area contributed by atoms with Crippen LogP contribution in [0.15, 0.2) is 132 Å². The van der Waals surface area contributed by atoms with E-state index in [0.717, 1.165) is 57.6 Å². The van der Waals surface area contributed by atoms with Gasteiger partial charge in [-0.05, 0) is 46.7 Å². The maximum atomic E-state index is 6.66. The van der Waals surface area contributed by atoms with E-state index in [-0.39, 0.29) is 0 Å². The molecule has 0 amide bonds. The first-order chi connectivity index (χ1) is 22.3. The predicted octanol–water partition coefficient (Wildman–Crippen LogP) is 9.32. The third-order valence-electron chi connectivity index (χ3n) is 9.79. The van der Waals surface area contributed by atoms with Crippen molar-refractivity contribution in [2.24, 2.45) is 0 Å². The van der Waals surface area contributed by atoms with Crippen LogP contribution < -0.4 is 20.6 Å². The molecule has 5 heteroatoms. The van der Waals surface area contributed by atoms with Gasteiger partial charge in [0.05, 0.1) is 33.5 Å². The summed E-state index contributed by atoms with van der Waals surface area (Å²) in [6, 6.07) is 45.2. The van der Waals surface area contributed by atoms with E-state index in [1.807, 2.05) is 12.1 Å². The fourth-order valence-corrected chi connectivity index (χ4v) is 7.90. The summed E-state index contributed by atoms with van der Waals surface area (Å²) >= 11 is 0. The highest BCUT2D eigenvalue weighted by atomic mass is 16.5. The van der Waals surface area contributed by atoms with Gasteiger partial charge in [0.15, 0.2) is 18.8 Å². The van der Waals surface area contributed by atoms with E-state index in [4.69, 9.17) is 9.15 Å². The van der Waals surface area contributed by atoms with Crippen LogP contribution in [-0.4, -0.2) is 12.3 Å². The van der Waals surface area contributed by atoms with E-state index in [2.05, 4.69) is 125 Å². The van der Waals surface area contributed by atoms with Crippen molar-refractivity contribution < 1.29 is 9.15 Å². The Balaban J connectivity index is 1.30. The highest BCUT2D eigenvalue weighted by Gasteiger charge is 2.37. The molecule has 0 saturated carbocycles. The van der Waals surface area contributed by atoms with Gasteiger partial charge in [-0.15, -0.1) is 0 Å². The fourth-order valence-electron chi connectivity index (χ4n) is 7.90. The molecule has 2 aliphatic heterocycles. The lowest BCUT2D eigenvalue weighted by atomic mass is 9.57. The van der Waals surface area contributed by atoms with Crippen molar-refractivity contribution in [3.8, 4) is 22.6 Å². The third-order valence-corrected chi connectivity index (χ3v) is 9.79. The molecule has 4 nitrogen and oxygen atoms in total. The lowest BCUT2D eigenvalue weighted by Gasteiger charge is -2.39. The van der Waals surface area contributed by atoms with Crippen molar-refractivity contribution in [2.75, 3.05) is 4.90 Å². The molecule has 0 atom stereocenters. The second-order valence-electron chi connectivity index (χ2n) is 12.1. The first-order valence-corrected chi connectivity index (χ1v) is 15.4. The minimum atomic E-state index is 0.783. The largest absolute Gasteiger partial charge is 0.456 e. The number of anilines is 3. The zero-order chi connectivity index (χ0) is 29.2. The zero-order valence-corrected chi connectivity index (χ0v) is 24.1. The molecule has 0 aliphatic carbocycles. The van der Waals surface area contributed by atoms with Gasteiger partial charge in [0.1, 0.15) is 11.2 Å². The van der Waals surface area contributed by atoms with E-state index in [0.29, 0.717) is 0 Å². The molecular formula is C40H23BN2O2. The maximum absolute atomic E-state index is 6.66. The third kappa shape index (κ3) is 3.02. The van der Waals surface area contributed by atoms with E-state index in [1.54, 1.807) is 0 Å². The van der Waals surface area contributed by atoms with E-state index < -0.39 is 0 Å². The second-order valence-corrected chi connectivity index (χ2v) is 12.1. The molecule has 0 fully saturated rings. The molecular weight excluding hydrogens is 551 g/mol. The molecule has 0 spiro atoms. The van der Waals surface area contributed by atoms with Crippen molar-refractivity contribution in [1.29, 1.82) is 0 Å². The molecule has 11 rings (SSSR count). The highest BCUT2D eigenvalue weighted by molar-refractivity contribution is 6.74. The molecule has 208 valence electrons. The number of fused-ring (bicyclic) bond motifs is 13. The predicted molar refractivity (Wildman–Crippen MR) is 187 cm³/mol. The molecule has 9 aromatic rings. The molecule has 1 N–H and O–H groups in total.